The van der Waals surface area contributed by atoms with Gasteiger partial charge in [0.25, 0.3) is 5.56 Å². The second-order valence-electron chi connectivity index (χ2n) is 6.79. The van der Waals surface area contributed by atoms with Crippen LogP contribution in [0.5, 0.6) is 0 Å². The summed E-state index contributed by atoms with van der Waals surface area (Å²) in [5.74, 6) is -0.737. The van der Waals surface area contributed by atoms with Gasteiger partial charge in [0, 0.05) is 11.3 Å². The minimum atomic E-state index is -0.490. The summed E-state index contributed by atoms with van der Waals surface area (Å²) in [7, 11) is 0. The maximum Gasteiger partial charge on any atom is 0.283 e. The lowest BCUT2D eigenvalue weighted by Crippen LogP contribution is -2.28. The summed E-state index contributed by atoms with van der Waals surface area (Å²) in [4.78, 5) is 29.2. The molecule has 2 aromatic heterocycles. The van der Waals surface area contributed by atoms with E-state index in [9.17, 15) is 14.0 Å². The molecule has 0 fully saturated rings. The van der Waals surface area contributed by atoms with Crippen molar-refractivity contribution in [2.24, 2.45) is 0 Å². The average Bonchev–Trinajstić information content (AvgIpc) is 3.16. The Hall–Kier alpha value is -3.88. The van der Waals surface area contributed by atoms with E-state index in [1.54, 1.807) is 18.2 Å². The van der Waals surface area contributed by atoms with Crippen LogP contribution in [-0.4, -0.2) is 30.5 Å². The van der Waals surface area contributed by atoms with E-state index in [0.29, 0.717) is 11.3 Å². The van der Waals surface area contributed by atoms with Crippen LogP contribution in [-0.2, 0) is 24.3 Å². The Morgan fingerprint density at radius 2 is 1.90 bits per heavy atom. The first-order valence-corrected chi connectivity index (χ1v) is 9.46. The standard InChI is InChI=1S/C21H19FN6O2/c1-2-14-7-9-16(10-8-14)24-18(29)12-27-13-23-20-19(21(27)30)25-26-28(20)11-15-5-3-4-6-17(15)22/h3-10,13H,2,11-12H2,1H3,(H,24,29). The summed E-state index contributed by atoms with van der Waals surface area (Å²) < 4.78 is 16.4. The van der Waals surface area contributed by atoms with Gasteiger partial charge in [0.15, 0.2) is 11.2 Å². The second-order valence-corrected chi connectivity index (χ2v) is 6.79. The Morgan fingerprint density at radius 3 is 2.63 bits per heavy atom. The molecule has 2 heterocycles. The van der Waals surface area contributed by atoms with Crippen molar-refractivity contribution in [1.29, 1.82) is 0 Å². The average molecular weight is 406 g/mol. The Labute approximate surface area is 171 Å². The molecule has 0 bridgehead atoms. The number of aromatic nitrogens is 5. The minimum Gasteiger partial charge on any atom is -0.325 e. The first-order chi connectivity index (χ1) is 14.5. The van der Waals surface area contributed by atoms with Crippen molar-refractivity contribution >= 4 is 22.8 Å². The molecule has 0 spiro atoms. The Bertz CT molecular complexity index is 1260. The number of halogens is 1. The number of carbonyl (C=O) groups is 1. The van der Waals surface area contributed by atoms with Gasteiger partial charge in [-0.1, -0.05) is 42.5 Å². The van der Waals surface area contributed by atoms with Gasteiger partial charge in [-0.3, -0.25) is 14.2 Å². The van der Waals surface area contributed by atoms with E-state index < -0.39 is 5.56 Å². The molecule has 0 atom stereocenters. The van der Waals surface area contributed by atoms with Crippen LogP contribution in [0, 0.1) is 5.82 Å². The lowest BCUT2D eigenvalue weighted by atomic mass is 10.1. The van der Waals surface area contributed by atoms with Crippen LogP contribution in [0.3, 0.4) is 0 Å². The summed E-state index contributed by atoms with van der Waals surface area (Å²) in [6.45, 7) is 1.93. The molecule has 9 heteroatoms. The van der Waals surface area contributed by atoms with E-state index >= 15 is 0 Å². The smallest absolute Gasteiger partial charge is 0.283 e. The molecule has 0 aliphatic carbocycles. The van der Waals surface area contributed by atoms with E-state index in [4.69, 9.17) is 0 Å². The molecule has 152 valence electrons. The molecule has 0 saturated heterocycles. The predicted octanol–water partition coefficient (Wildman–Crippen LogP) is 2.38. The first kappa shape index (κ1) is 19.4. The summed E-state index contributed by atoms with van der Waals surface area (Å²) in [5, 5.41) is 10.6. The minimum absolute atomic E-state index is 0.0222. The molecule has 4 rings (SSSR count). The number of hydrogen-bond acceptors (Lipinski definition) is 5. The number of anilines is 1. The molecule has 0 unspecified atom stereocenters. The number of aryl methyl sites for hydroxylation is 1. The Kier molecular flexibility index (Phi) is 5.34. The highest BCUT2D eigenvalue weighted by atomic mass is 19.1. The summed E-state index contributed by atoms with van der Waals surface area (Å²) in [6, 6.07) is 13.8. The summed E-state index contributed by atoms with van der Waals surface area (Å²) in [5.41, 5.74) is 1.98. The van der Waals surface area contributed by atoms with E-state index in [1.807, 2.05) is 24.3 Å². The molecular weight excluding hydrogens is 387 g/mol. The van der Waals surface area contributed by atoms with Crippen LogP contribution in [0.15, 0.2) is 59.7 Å². The number of fused-ring (bicyclic) bond motifs is 1. The van der Waals surface area contributed by atoms with Gasteiger partial charge in [-0.05, 0) is 30.2 Å². The molecule has 2 aromatic carbocycles. The van der Waals surface area contributed by atoms with Crippen molar-refractivity contribution in [3.63, 3.8) is 0 Å². The fourth-order valence-corrected chi connectivity index (χ4v) is 3.07. The van der Waals surface area contributed by atoms with Gasteiger partial charge >= 0.3 is 0 Å². The normalized spacial score (nSPS) is 11.0. The van der Waals surface area contributed by atoms with E-state index in [-0.39, 0.29) is 36.0 Å². The molecule has 0 saturated carbocycles. The van der Waals surface area contributed by atoms with Crippen molar-refractivity contribution < 1.29 is 9.18 Å². The molecule has 8 nitrogen and oxygen atoms in total. The van der Waals surface area contributed by atoms with Crippen molar-refractivity contribution in [3.05, 3.63) is 82.2 Å². The Morgan fingerprint density at radius 1 is 1.13 bits per heavy atom. The highest BCUT2D eigenvalue weighted by Crippen LogP contribution is 2.12. The van der Waals surface area contributed by atoms with Gasteiger partial charge in [0.2, 0.25) is 5.91 Å². The number of carbonyl (C=O) groups excluding carboxylic acids is 1. The van der Waals surface area contributed by atoms with Crippen LogP contribution in [0.1, 0.15) is 18.1 Å². The molecule has 4 aromatic rings. The summed E-state index contributed by atoms with van der Waals surface area (Å²) in [6.07, 6.45) is 2.18. The molecule has 30 heavy (non-hydrogen) atoms. The van der Waals surface area contributed by atoms with Crippen LogP contribution in [0.25, 0.3) is 11.2 Å². The number of benzene rings is 2. The van der Waals surface area contributed by atoms with Crippen LogP contribution >= 0.6 is 0 Å². The number of amides is 1. The quantitative estimate of drug-likeness (QED) is 0.531. The van der Waals surface area contributed by atoms with E-state index in [1.165, 1.54) is 21.6 Å². The highest BCUT2D eigenvalue weighted by molar-refractivity contribution is 5.90. The predicted molar refractivity (Wildman–Crippen MR) is 110 cm³/mol. The maximum atomic E-state index is 13.9. The fourth-order valence-electron chi connectivity index (χ4n) is 3.07. The van der Waals surface area contributed by atoms with E-state index in [2.05, 4.69) is 27.5 Å². The highest BCUT2D eigenvalue weighted by Gasteiger charge is 2.15. The van der Waals surface area contributed by atoms with Gasteiger partial charge in [-0.2, -0.15) is 0 Å². The van der Waals surface area contributed by atoms with E-state index in [0.717, 1.165) is 12.0 Å². The van der Waals surface area contributed by atoms with Gasteiger partial charge in [0.05, 0.1) is 6.54 Å². The SMILES string of the molecule is CCc1ccc(NC(=O)Cn2cnc3c(nnn3Cc3ccccc3F)c2=O)cc1. The third-order valence-electron chi connectivity index (χ3n) is 4.73. The zero-order valence-corrected chi connectivity index (χ0v) is 16.2. The molecule has 1 amide bonds. The topological polar surface area (TPSA) is 94.7 Å². The number of rotatable bonds is 6. The van der Waals surface area contributed by atoms with Crippen molar-refractivity contribution in [2.75, 3.05) is 5.32 Å². The van der Waals surface area contributed by atoms with Crippen molar-refractivity contribution in [2.45, 2.75) is 26.4 Å². The molecule has 0 aliphatic rings. The van der Waals surface area contributed by atoms with Gasteiger partial charge in [-0.25, -0.2) is 14.1 Å². The largest absolute Gasteiger partial charge is 0.325 e. The van der Waals surface area contributed by atoms with Crippen LogP contribution in [0.4, 0.5) is 10.1 Å². The van der Waals surface area contributed by atoms with Gasteiger partial charge in [-0.15, -0.1) is 5.10 Å². The van der Waals surface area contributed by atoms with Crippen LogP contribution in [0.2, 0.25) is 0 Å². The third kappa shape index (κ3) is 3.95. The second kappa shape index (κ2) is 8.24. The third-order valence-corrected chi connectivity index (χ3v) is 4.73. The van der Waals surface area contributed by atoms with Crippen molar-refractivity contribution in [3.8, 4) is 0 Å². The number of nitrogens with one attached hydrogen (secondary N) is 1. The number of nitrogens with zero attached hydrogens (tertiary/aromatic N) is 5. The first-order valence-electron chi connectivity index (χ1n) is 9.46. The monoisotopic (exact) mass is 406 g/mol. The molecule has 1 N–H and O–H groups in total. The fraction of sp³-hybridized carbons (Fsp3) is 0.190. The molecular formula is C21H19FN6O2. The maximum absolute atomic E-state index is 13.9. The number of hydrogen-bond donors (Lipinski definition) is 1. The van der Waals surface area contributed by atoms with Gasteiger partial charge in [0.1, 0.15) is 18.7 Å². The Balaban J connectivity index is 1.53. The summed E-state index contributed by atoms with van der Waals surface area (Å²) >= 11 is 0. The lowest BCUT2D eigenvalue weighted by Gasteiger charge is -2.08. The van der Waals surface area contributed by atoms with Crippen molar-refractivity contribution in [1.82, 2.24) is 24.5 Å². The lowest BCUT2D eigenvalue weighted by molar-refractivity contribution is -0.116. The molecule has 0 aliphatic heterocycles. The zero-order valence-electron chi connectivity index (χ0n) is 16.2. The van der Waals surface area contributed by atoms with Crippen LogP contribution < -0.4 is 10.9 Å². The van der Waals surface area contributed by atoms with Gasteiger partial charge < -0.3 is 5.32 Å². The molecule has 0 radical (unpaired) electrons. The zero-order chi connectivity index (χ0) is 21.1.